The van der Waals surface area contributed by atoms with E-state index in [1.165, 1.54) is 13.2 Å². The average Bonchev–Trinajstić information content (AvgIpc) is 3.21. The quantitative estimate of drug-likeness (QED) is 0.308. The zero-order valence-corrected chi connectivity index (χ0v) is 20.9. The molecule has 1 atom stereocenters. The van der Waals surface area contributed by atoms with Crippen LogP contribution in [-0.4, -0.2) is 18.0 Å². The highest BCUT2D eigenvalue weighted by Gasteiger charge is 2.37. The Labute approximate surface area is 202 Å². The van der Waals surface area contributed by atoms with Crippen LogP contribution in [-0.2, 0) is 22.7 Å². The molecule has 0 aliphatic carbocycles. The molecule has 0 radical (unpaired) electrons. The van der Waals surface area contributed by atoms with Crippen LogP contribution in [0, 0.1) is 19.7 Å². The summed E-state index contributed by atoms with van der Waals surface area (Å²) in [5.74, 6) is -1.29. The van der Waals surface area contributed by atoms with Crippen LogP contribution < -0.4 is 20.5 Å². The van der Waals surface area contributed by atoms with E-state index in [0.717, 1.165) is 16.7 Å². The second-order valence-electron chi connectivity index (χ2n) is 8.27. The van der Waals surface area contributed by atoms with E-state index in [1.807, 2.05) is 56.1 Å². The van der Waals surface area contributed by atoms with Gasteiger partial charge in [0.1, 0.15) is 12.7 Å². The molecular formula is C25H25ClFN3O3P+. The maximum absolute atomic E-state index is 15.3. The summed E-state index contributed by atoms with van der Waals surface area (Å²) in [6.45, 7) is 3.98. The Hall–Kier alpha value is -2.99. The van der Waals surface area contributed by atoms with Crippen LogP contribution in [0.1, 0.15) is 27.2 Å². The van der Waals surface area contributed by atoms with E-state index < -0.39 is 19.1 Å². The van der Waals surface area contributed by atoms with Crippen molar-refractivity contribution in [1.29, 1.82) is 0 Å². The molecule has 0 saturated carbocycles. The third kappa shape index (κ3) is 4.39. The minimum Gasteiger partial charge on any atom is -0.350 e. The number of pyridine rings is 1. The van der Waals surface area contributed by atoms with Gasteiger partial charge in [0.2, 0.25) is 0 Å². The van der Waals surface area contributed by atoms with Gasteiger partial charge < -0.3 is 14.8 Å². The van der Waals surface area contributed by atoms with Gasteiger partial charge in [-0.05, 0) is 43.7 Å². The number of nitrogens with one attached hydrogen (secondary N) is 2. The third-order valence-corrected chi connectivity index (χ3v) is 8.43. The van der Waals surface area contributed by atoms with Gasteiger partial charge in [-0.15, -0.1) is 0 Å². The first-order chi connectivity index (χ1) is 16.1. The monoisotopic (exact) mass is 500 g/mol. The second-order valence-corrected chi connectivity index (χ2v) is 11.1. The molecule has 0 saturated heterocycles. The molecule has 1 amide bonds. The number of hydrogen-bond acceptors (Lipinski definition) is 3. The summed E-state index contributed by atoms with van der Waals surface area (Å²) < 4.78 is 37.2. The molecule has 0 aliphatic heterocycles. The molecule has 1 unspecified atom stereocenters. The zero-order chi connectivity index (χ0) is 24.6. The van der Waals surface area contributed by atoms with Gasteiger partial charge >= 0.3 is 0 Å². The minimum atomic E-state index is -3.89. The molecule has 9 heteroatoms. The molecule has 2 aromatic heterocycles. The summed E-state index contributed by atoms with van der Waals surface area (Å²) in [5, 5.41) is 3.01. The van der Waals surface area contributed by atoms with Crippen molar-refractivity contribution in [3.63, 3.8) is 0 Å². The van der Waals surface area contributed by atoms with Gasteiger partial charge in [0.15, 0.2) is 18.2 Å². The Morgan fingerprint density at radius 3 is 2.41 bits per heavy atom. The Morgan fingerprint density at radius 1 is 1.15 bits per heavy atom. The molecule has 4 aromatic rings. The lowest BCUT2D eigenvalue weighted by Gasteiger charge is -2.19. The molecular weight excluding hydrogens is 476 g/mol. The maximum Gasteiger partial charge on any atom is 0.268 e. The number of aryl methyl sites for hydroxylation is 3. The van der Waals surface area contributed by atoms with E-state index in [9.17, 15) is 9.36 Å². The smallest absolute Gasteiger partial charge is 0.268 e. The highest BCUT2D eigenvalue weighted by molar-refractivity contribution is 7.75. The van der Waals surface area contributed by atoms with Crippen LogP contribution in [0.2, 0.25) is 5.02 Å². The molecule has 0 fully saturated rings. The standard InChI is InChI=1S/C25H24ClFN3O3P/c1-15-11-16(2)13-18(12-15)34(32,33-4)24-21-20(6-5-19(26)22(21)27)29-23(24)25(31)28-14-17-7-9-30(3)10-8-17/h5-13H,14H2,1-4H3,(H-,28,29,31,32)/p+1. The van der Waals surface area contributed by atoms with Crippen LogP contribution in [0.4, 0.5) is 4.39 Å². The highest BCUT2D eigenvalue weighted by Crippen LogP contribution is 2.48. The van der Waals surface area contributed by atoms with Crippen molar-refractivity contribution in [3.8, 4) is 0 Å². The summed E-state index contributed by atoms with van der Waals surface area (Å²) in [6.07, 6.45) is 3.73. The van der Waals surface area contributed by atoms with Crippen molar-refractivity contribution in [2.24, 2.45) is 7.05 Å². The van der Waals surface area contributed by atoms with E-state index in [1.54, 1.807) is 18.2 Å². The van der Waals surface area contributed by atoms with Crippen LogP contribution in [0.25, 0.3) is 10.9 Å². The molecule has 34 heavy (non-hydrogen) atoms. The van der Waals surface area contributed by atoms with Crippen molar-refractivity contribution in [1.82, 2.24) is 10.3 Å². The number of aromatic amines is 1. The van der Waals surface area contributed by atoms with Crippen molar-refractivity contribution in [2.45, 2.75) is 20.4 Å². The molecule has 2 heterocycles. The number of hydrogen-bond donors (Lipinski definition) is 2. The molecule has 2 aromatic carbocycles. The predicted molar refractivity (Wildman–Crippen MR) is 132 cm³/mol. The third-order valence-electron chi connectivity index (χ3n) is 5.65. The van der Waals surface area contributed by atoms with Crippen LogP contribution in [0.3, 0.4) is 0 Å². The number of fused-ring (bicyclic) bond motifs is 1. The Bertz CT molecular complexity index is 1430. The first kappa shape index (κ1) is 24.1. The first-order valence-electron chi connectivity index (χ1n) is 10.6. The SMILES string of the molecule is COP(=O)(c1cc(C)cc(C)c1)c1c(C(=O)NCc2cc[n+](C)cc2)[nH]c2ccc(Cl)c(F)c12. The molecule has 6 nitrogen and oxygen atoms in total. The van der Waals surface area contributed by atoms with Crippen molar-refractivity contribution in [3.05, 3.63) is 88.1 Å². The Kier molecular flexibility index (Phi) is 6.63. The van der Waals surface area contributed by atoms with Crippen LogP contribution >= 0.6 is 19.0 Å². The first-order valence-corrected chi connectivity index (χ1v) is 12.6. The average molecular weight is 501 g/mol. The number of aromatic nitrogens is 2. The molecule has 176 valence electrons. The lowest BCUT2D eigenvalue weighted by Crippen LogP contribution is -2.31. The van der Waals surface area contributed by atoms with Crippen molar-refractivity contribution in [2.75, 3.05) is 7.11 Å². The van der Waals surface area contributed by atoms with Crippen LogP contribution in [0.15, 0.2) is 54.9 Å². The van der Waals surface area contributed by atoms with Gasteiger partial charge in [0.05, 0.1) is 15.7 Å². The fourth-order valence-electron chi connectivity index (χ4n) is 4.03. The lowest BCUT2D eigenvalue weighted by atomic mass is 10.2. The topological polar surface area (TPSA) is 75.1 Å². The summed E-state index contributed by atoms with van der Waals surface area (Å²) >= 11 is 6.07. The van der Waals surface area contributed by atoms with E-state index in [-0.39, 0.29) is 28.0 Å². The number of amides is 1. The van der Waals surface area contributed by atoms with Gasteiger partial charge in [-0.1, -0.05) is 28.8 Å². The summed E-state index contributed by atoms with van der Waals surface area (Å²) in [4.78, 5) is 16.3. The number of nitrogens with zero attached hydrogens (tertiary/aromatic N) is 1. The van der Waals surface area contributed by atoms with Gasteiger partial charge in [-0.25, -0.2) is 8.96 Å². The Morgan fingerprint density at radius 2 is 1.79 bits per heavy atom. The highest BCUT2D eigenvalue weighted by atomic mass is 35.5. The molecule has 2 N–H and O–H groups in total. The fraction of sp³-hybridized carbons (Fsp3) is 0.200. The number of halogens is 2. The van der Waals surface area contributed by atoms with E-state index in [0.29, 0.717) is 10.8 Å². The Balaban J connectivity index is 1.89. The van der Waals surface area contributed by atoms with Gasteiger partial charge in [0, 0.05) is 36.6 Å². The number of benzene rings is 2. The number of carbonyl (C=O) groups excluding carboxylic acids is 1. The zero-order valence-electron chi connectivity index (χ0n) is 19.3. The van der Waals surface area contributed by atoms with Gasteiger partial charge in [0.25, 0.3) is 13.3 Å². The second kappa shape index (κ2) is 9.34. The number of H-pyrrole nitrogens is 1. The number of carbonyl (C=O) groups is 1. The van der Waals surface area contributed by atoms with Crippen molar-refractivity contribution < 1.29 is 22.8 Å². The van der Waals surface area contributed by atoms with Gasteiger partial charge in [-0.3, -0.25) is 9.36 Å². The minimum absolute atomic E-state index is 0.0197. The van der Waals surface area contributed by atoms with Crippen molar-refractivity contribution >= 4 is 46.4 Å². The summed E-state index contributed by atoms with van der Waals surface area (Å²) in [5.41, 5.74) is 2.89. The fourth-order valence-corrected chi connectivity index (χ4v) is 6.55. The van der Waals surface area contributed by atoms with E-state index >= 15 is 4.39 Å². The summed E-state index contributed by atoms with van der Waals surface area (Å²) in [7, 11) is -0.697. The maximum atomic E-state index is 15.3. The lowest BCUT2D eigenvalue weighted by molar-refractivity contribution is -0.671. The largest absolute Gasteiger partial charge is 0.350 e. The molecule has 4 rings (SSSR count). The normalized spacial score (nSPS) is 13.1. The molecule has 0 spiro atoms. The molecule has 0 aliphatic rings. The van der Waals surface area contributed by atoms with Crippen LogP contribution in [0.5, 0.6) is 0 Å². The van der Waals surface area contributed by atoms with Gasteiger partial charge in [-0.2, -0.15) is 0 Å². The summed E-state index contributed by atoms with van der Waals surface area (Å²) in [6, 6.07) is 12.1. The predicted octanol–water partition coefficient (Wildman–Crippen LogP) is 4.21. The van der Waals surface area contributed by atoms with E-state index in [4.69, 9.17) is 16.1 Å². The number of rotatable bonds is 6. The van der Waals surface area contributed by atoms with E-state index in [2.05, 4.69) is 10.3 Å². The molecule has 0 bridgehead atoms.